The molecular weight excluding hydrogens is 245 g/mol. The first-order chi connectivity index (χ1) is 8.16. The van der Waals surface area contributed by atoms with Crippen molar-refractivity contribution >= 4 is 17.4 Å². The van der Waals surface area contributed by atoms with Crippen LogP contribution < -0.4 is 4.90 Å². The molecule has 94 valence electrons. The standard InChI is InChI=1S/C11H15ClFN3O/c1-16(6-8-3-2-4-17-7-8)10-9(13)5-14-11(12)15-10/h5,8H,2-4,6-7H2,1H3. The summed E-state index contributed by atoms with van der Waals surface area (Å²) in [6.45, 7) is 2.27. The molecule has 2 rings (SSSR count). The molecule has 1 saturated heterocycles. The van der Waals surface area contributed by atoms with Crippen LogP contribution in [0.15, 0.2) is 6.20 Å². The molecule has 1 unspecified atom stereocenters. The fraction of sp³-hybridized carbons (Fsp3) is 0.636. The van der Waals surface area contributed by atoms with Crippen molar-refractivity contribution in [2.24, 2.45) is 5.92 Å². The lowest BCUT2D eigenvalue weighted by Crippen LogP contribution is -2.31. The first-order valence-corrected chi connectivity index (χ1v) is 6.01. The summed E-state index contributed by atoms with van der Waals surface area (Å²) in [4.78, 5) is 9.27. The summed E-state index contributed by atoms with van der Waals surface area (Å²) >= 11 is 5.66. The highest BCUT2D eigenvalue weighted by molar-refractivity contribution is 6.28. The quantitative estimate of drug-likeness (QED) is 0.780. The van der Waals surface area contributed by atoms with E-state index in [1.165, 1.54) is 0 Å². The summed E-state index contributed by atoms with van der Waals surface area (Å²) in [6, 6.07) is 0. The average Bonchev–Trinajstić information content (AvgIpc) is 2.33. The molecule has 1 aromatic rings. The van der Waals surface area contributed by atoms with Crippen LogP contribution in [0.3, 0.4) is 0 Å². The van der Waals surface area contributed by atoms with E-state index in [0.29, 0.717) is 12.5 Å². The van der Waals surface area contributed by atoms with Gasteiger partial charge in [-0.25, -0.2) is 9.37 Å². The number of ether oxygens (including phenoxy) is 1. The van der Waals surface area contributed by atoms with Crippen molar-refractivity contribution in [1.29, 1.82) is 0 Å². The Bertz CT molecular complexity index is 385. The zero-order chi connectivity index (χ0) is 12.3. The first kappa shape index (κ1) is 12.5. The molecule has 0 spiro atoms. The lowest BCUT2D eigenvalue weighted by molar-refractivity contribution is 0.0575. The molecule has 1 aromatic heterocycles. The Morgan fingerprint density at radius 2 is 2.47 bits per heavy atom. The highest BCUT2D eigenvalue weighted by atomic mass is 35.5. The van der Waals surface area contributed by atoms with E-state index in [4.69, 9.17) is 16.3 Å². The number of anilines is 1. The van der Waals surface area contributed by atoms with Crippen LogP contribution in [-0.4, -0.2) is 36.8 Å². The van der Waals surface area contributed by atoms with Crippen molar-refractivity contribution in [3.05, 3.63) is 17.3 Å². The number of hydrogen-bond acceptors (Lipinski definition) is 4. The van der Waals surface area contributed by atoms with Crippen molar-refractivity contribution in [2.45, 2.75) is 12.8 Å². The van der Waals surface area contributed by atoms with E-state index < -0.39 is 5.82 Å². The van der Waals surface area contributed by atoms with Gasteiger partial charge in [0, 0.05) is 20.2 Å². The van der Waals surface area contributed by atoms with Gasteiger partial charge in [-0.2, -0.15) is 4.98 Å². The van der Waals surface area contributed by atoms with Crippen LogP contribution in [0.1, 0.15) is 12.8 Å². The summed E-state index contributed by atoms with van der Waals surface area (Å²) in [5.41, 5.74) is 0. The summed E-state index contributed by atoms with van der Waals surface area (Å²) in [5.74, 6) is 0.214. The maximum Gasteiger partial charge on any atom is 0.224 e. The van der Waals surface area contributed by atoms with Crippen molar-refractivity contribution in [3.8, 4) is 0 Å². The molecule has 17 heavy (non-hydrogen) atoms. The van der Waals surface area contributed by atoms with Crippen LogP contribution >= 0.6 is 11.6 Å². The minimum absolute atomic E-state index is 0.0631. The monoisotopic (exact) mass is 259 g/mol. The second-order valence-corrected chi connectivity index (χ2v) is 4.61. The zero-order valence-electron chi connectivity index (χ0n) is 9.70. The SMILES string of the molecule is CN(CC1CCCOC1)c1nc(Cl)ncc1F. The molecule has 0 saturated carbocycles. The van der Waals surface area contributed by atoms with Crippen molar-refractivity contribution in [1.82, 2.24) is 9.97 Å². The molecule has 0 aromatic carbocycles. The Hall–Kier alpha value is -0.940. The lowest BCUT2D eigenvalue weighted by Gasteiger charge is -2.27. The molecule has 1 aliphatic heterocycles. The van der Waals surface area contributed by atoms with Crippen molar-refractivity contribution in [2.75, 3.05) is 31.7 Å². The second-order valence-electron chi connectivity index (χ2n) is 4.27. The predicted molar refractivity (Wildman–Crippen MR) is 63.8 cm³/mol. The van der Waals surface area contributed by atoms with Gasteiger partial charge in [0.25, 0.3) is 0 Å². The average molecular weight is 260 g/mol. The molecule has 4 nitrogen and oxygen atoms in total. The highest BCUT2D eigenvalue weighted by Crippen LogP contribution is 2.20. The maximum absolute atomic E-state index is 13.5. The van der Waals surface area contributed by atoms with Crippen molar-refractivity contribution < 1.29 is 9.13 Å². The molecule has 1 aliphatic rings. The topological polar surface area (TPSA) is 38.2 Å². The van der Waals surface area contributed by atoms with Crippen LogP contribution in [0, 0.1) is 11.7 Å². The highest BCUT2D eigenvalue weighted by Gasteiger charge is 2.18. The molecule has 1 atom stereocenters. The molecule has 6 heteroatoms. The number of halogens is 2. The van der Waals surface area contributed by atoms with E-state index in [1.807, 2.05) is 0 Å². The van der Waals surface area contributed by atoms with Gasteiger partial charge in [-0.1, -0.05) is 0 Å². The molecule has 0 N–H and O–H groups in total. The smallest absolute Gasteiger partial charge is 0.224 e. The van der Waals surface area contributed by atoms with Gasteiger partial charge in [0.15, 0.2) is 11.6 Å². The predicted octanol–water partition coefficient (Wildman–Crippen LogP) is 2.13. The molecular formula is C11H15ClFN3O. The van der Waals surface area contributed by atoms with Crippen LogP contribution in [0.2, 0.25) is 5.28 Å². The van der Waals surface area contributed by atoms with E-state index in [9.17, 15) is 4.39 Å². The molecule has 1 fully saturated rings. The maximum atomic E-state index is 13.5. The van der Waals surface area contributed by atoms with Crippen LogP contribution in [0.4, 0.5) is 10.2 Å². The van der Waals surface area contributed by atoms with E-state index in [-0.39, 0.29) is 11.1 Å². The van der Waals surface area contributed by atoms with Gasteiger partial charge in [0.05, 0.1) is 12.8 Å². The Kier molecular flexibility index (Phi) is 4.12. The minimum atomic E-state index is -0.450. The summed E-state index contributed by atoms with van der Waals surface area (Å²) in [5, 5.41) is 0.0631. The number of hydrogen-bond donors (Lipinski definition) is 0. The lowest BCUT2D eigenvalue weighted by atomic mass is 10.0. The third-order valence-corrected chi connectivity index (χ3v) is 3.03. The number of nitrogens with zero attached hydrogens (tertiary/aromatic N) is 3. The minimum Gasteiger partial charge on any atom is -0.381 e. The van der Waals surface area contributed by atoms with Gasteiger partial charge in [-0.15, -0.1) is 0 Å². The summed E-state index contributed by atoms with van der Waals surface area (Å²) in [7, 11) is 1.80. The third-order valence-electron chi connectivity index (χ3n) is 2.84. The molecule has 0 amide bonds. The Morgan fingerprint density at radius 3 is 3.18 bits per heavy atom. The fourth-order valence-corrected chi connectivity index (χ4v) is 2.16. The van der Waals surface area contributed by atoms with Gasteiger partial charge in [0.1, 0.15) is 0 Å². The fourth-order valence-electron chi connectivity index (χ4n) is 2.03. The molecule has 0 radical (unpaired) electrons. The van der Waals surface area contributed by atoms with E-state index in [0.717, 1.165) is 32.3 Å². The van der Waals surface area contributed by atoms with E-state index in [1.54, 1.807) is 11.9 Å². The van der Waals surface area contributed by atoms with E-state index in [2.05, 4.69) is 9.97 Å². The number of aromatic nitrogens is 2. The summed E-state index contributed by atoms with van der Waals surface area (Å²) < 4.78 is 18.9. The normalized spacial score (nSPS) is 20.3. The first-order valence-electron chi connectivity index (χ1n) is 5.63. The van der Waals surface area contributed by atoms with Gasteiger partial charge in [-0.3, -0.25) is 0 Å². The summed E-state index contributed by atoms with van der Waals surface area (Å²) in [6.07, 6.45) is 3.26. The number of rotatable bonds is 3. The van der Waals surface area contributed by atoms with Gasteiger partial charge in [0.2, 0.25) is 5.28 Å². The molecule has 0 aliphatic carbocycles. The second kappa shape index (κ2) is 5.60. The van der Waals surface area contributed by atoms with Crippen LogP contribution in [0.25, 0.3) is 0 Å². The van der Waals surface area contributed by atoms with E-state index >= 15 is 0 Å². The van der Waals surface area contributed by atoms with Gasteiger partial charge in [-0.05, 0) is 30.4 Å². The third kappa shape index (κ3) is 3.26. The molecule has 2 heterocycles. The van der Waals surface area contributed by atoms with Gasteiger partial charge >= 0.3 is 0 Å². The van der Waals surface area contributed by atoms with Crippen molar-refractivity contribution in [3.63, 3.8) is 0 Å². The van der Waals surface area contributed by atoms with Crippen LogP contribution in [0.5, 0.6) is 0 Å². The zero-order valence-corrected chi connectivity index (χ0v) is 10.5. The van der Waals surface area contributed by atoms with Gasteiger partial charge < -0.3 is 9.64 Å². The Morgan fingerprint density at radius 1 is 1.65 bits per heavy atom. The Balaban J connectivity index is 2.02. The largest absolute Gasteiger partial charge is 0.381 e. The Labute approximate surface area is 105 Å². The van der Waals surface area contributed by atoms with Crippen LogP contribution in [-0.2, 0) is 4.74 Å². The molecule has 0 bridgehead atoms.